The fraction of sp³-hybridized carbons (Fsp3) is 0.208. The summed E-state index contributed by atoms with van der Waals surface area (Å²) in [5.41, 5.74) is 1.15. The minimum Gasteiger partial charge on any atom is -0.497 e. The number of aromatic nitrogens is 3. The van der Waals surface area contributed by atoms with Crippen LogP contribution in [0.3, 0.4) is 0 Å². The fourth-order valence-electron chi connectivity index (χ4n) is 4.14. The van der Waals surface area contributed by atoms with Gasteiger partial charge in [-0.2, -0.15) is 18.3 Å². The van der Waals surface area contributed by atoms with Crippen molar-refractivity contribution in [2.24, 2.45) is 0 Å². The Bertz CT molecular complexity index is 1360. The molecule has 0 saturated heterocycles. The number of hydrogen-bond donors (Lipinski definition) is 0. The molecule has 3 heterocycles. The number of halogens is 3. The highest BCUT2D eigenvalue weighted by Gasteiger charge is 2.36. The summed E-state index contributed by atoms with van der Waals surface area (Å²) in [4.78, 5) is 19.5. The second kappa shape index (κ2) is 7.91. The summed E-state index contributed by atoms with van der Waals surface area (Å²) >= 11 is 0. The van der Waals surface area contributed by atoms with Crippen LogP contribution in [0.4, 0.5) is 18.9 Å². The molecule has 0 spiro atoms. The minimum atomic E-state index is -4.70. The molecular formula is C24H19F3N4O2. The van der Waals surface area contributed by atoms with E-state index in [0.717, 1.165) is 36.4 Å². The van der Waals surface area contributed by atoms with E-state index in [1.165, 1.54) is 7.11 Å². The number of fused-ring (bicyclic) bond motifs is 2. The maximum absolute atomic E-state index is 13.9. The molecule has 5 rings (SSSR count). The number of aryl methyl sites for hydroxylation is 1. The van der Waals surface area contributed by atoms with Crippen LogP contribution in [0.5, 0.6) is 5.75 Å². The quantitative estimate of drug-likeness (QED) is 0.438. The zero-order valence-electron chi connectivity index (χ0n) is 17.6. The van der Waals surface area contributed by atoms with Crippen LogP contribution >= 0.6 is 0 Å². The van der Waals surface area contributed by atoms with Gasteiger partial charge in [-0.15, -0.1) is 0 Å². The molecule has 33 heavy (non-hydrogen) atoms. The number of rotatable bonds is 3. The first kappa shape index (κ1) is 21.0. The summed E-state index contributed by atoms with van der Waals surface area (Å²) in [7, 11) is 1.47. The first-order chi connectivity index (χ1) is 15.9. The molecule has 2 aromatic heterocycles. The third kappa shape index (κ3) is 3.69. The first-order valence-electron chi connectivity index (χ1n) is 10.4. The lowest BCUT2D eigenvalue weighted by molar-refractivity contribution is -0.142. The van der Waals surface area contributed by atoms with Gasteiger partial charge >= 0.3 is 6.18 Å². The molecule has 0 atom stereocenters. The van der Waals surface area contributed by atoms with E-state index in [2.05, 4.69) is 10.1 Å². The number of para-hydroxylation sites is 1. The van der Waals surface area contributed by atoms with Crippen molar-refractivity contribution >= 4 is 17.2 Å². The maximum atomic E-state index is 13.9. The summed E-state index contributed by atoms with van der Waals surface area (Å²) < 4.78 is 47.6. The summed E-state index contributed by atoms with van der Waals surface area (Å²) in [5.74, 6) is 0.0537. The van der Waals surface area contributed by atoms with Crippen LogP contribution in [0, 0.1) is 0 Å². The van der Waals surface area contributed by atoms with Crippen molar-refractivity contribution in [1.29, 1.82) is 0 Å². The second-order valence-electron chi connectivity index (χ2n) is 7.74. The molecule has 0 aliphatic carbocycles. The number of amides is 1. The lowest BCUT2D eigenvalue weighted by Gasteiger charge is -2.29. The SMILES string of the molecule is COc1cccc(-c2cc(C(F)(F)F)n3ncc(C(=O)N4CCCc5ccccc54)c3n2)c1. The Morgan fingerprint density at radius 2 is 1.91 bits per heavy atom. The number of benzene rings is 2. The zero-order chi connectivity index (χ0) is 23.2. The van der Waals surface area contributed by atoms with Crippen molar-refractivity contribution < 1.29 is 22.7 Å². The Morgan fingerprint density at radius 3 is 2.70 bits per heavy atom. The molecule has 1 aliphatic rings. The van der Waals surface area contributed by atoms with Crippen molar-refractivity contribution in [2.45, 2.75) is 19.0 Å². The van der Waals surface area contributed by atoms with Gasteiger partial charge in [-0.3, -0.25) is 4.79 Å². The van der Waals surface area contributed by atoms with E-state index in [9.17, 15) is 18.0 Å². The van der Waals surface area contributed by atoms with Gasteiger partial charge in [0.2, 0.25) is 0 Å². The molecule has 0 radical (unpaired) electrons. The number of ether oxygens (including phenoxy) is 1. The highest BCUT2D eigenvalue weighted by atomic mass is 19.4. The third-order valence-corrected chi connectivity index (χ3v) is 5.71. The van der Waals surface area contributed by atoms with Crippen molar-refractivity contribution in [3.63, 3.8) is 0 Å². The molecule has 1 amide bonds. The van der Waals surface area contributed by atoms with E-state index in [-0.39, 0.29) is 16.9 Å². The van der Waals surface area contributed by atoms with E-state index < -0.39 is 17.8 Å². The number of anilines is 1. The molecule has 0 unspecified atom stereocenters. The summed E-state index contributed by atoms with van der Waals surface area (Å²) in [6.45, 7) is 0.467. The van der Waals surface area contributed by atoms with Gasteiger partial charge in [0.05, 0.1) is 19.0 Å². The average Bonchev–Trinajstić information content (AvgIpc) is 3.26. The molecule has 0 fully saturated rings. The number of carbonyl (C=O) groups excluding carboxylic acids is 1. The lowest BCUT2D eigenvalue weighted by atomic mass is 10.0. The monoisotopic (exact) mass is 452 g/mol. The van der Waals surface area contributed by atoms with Crippen molar-refractivity contribution in [2.75, 3.05) is 18.6 Å². The Hall–Kier alpha value is -3.88. The van der Waals surface area contributed by atoms with E-state index in [1.54, 1.807) is 29.2 Å². The number of methoxy groups -OCH3 is 1. The molecule has 4 aromatic rings. The molecule has 6 nitrogen and oxygen atoms in total. The van der Waals surface area contributed by atoms with Gasteiger partial charge in [0, 0.05) is 17.8 Å². The summed E-state index contributed by atoms with van der Waals surface area (Å²) in [6, 6.07) is 15.0. The maximum Gasteiger partial charge on any atom is 0.433 e. The second-order valence-corrected chi connectivity index (χ2v) is 7.74. The van der Waals surface area contributed by atoms with Crippen molar-refractivity contribution in [3.8, 4) is 17.0 Å². The predicted molar refractivity (Wildman–Crippen MR) is 116 cm³/mol. The first-order valence-corrected chi connectivity index (χ1v) is 10.4. The summed E-state index contributed by atoms with van der Waals surface area (Å²) in [6.07, 6.45) is -1.94. The van der Waals surface area contributed by atoms with Gasteiger partial charge in [0.1, 0.15) is 11.3 Å². The van der Waals surface area contributed by atoms with E-state index in [0.29, 0.717) is 22.4 Å². The van der Waals surface area contributed by atoms with Gasteiger partial charge in [0.15, 0.2) is 11.3 Å². The predicted octanol–water partition coefficient (Wildman–Crippen LogP) is 5.02. The van der Waals surface area contributed by atoms with Gasteiger partial charge in [-0.05, 0) is 42.7 Å². The van der Waals surface area contributed by atoms with Gasteiger partial charge in [-0.25, -0.2) is 9.50 Å². The molecule has 168 valence electrons. The lowest BCUT2D eigenvalue weighted by Crippen LogP contribution is -2.35. The Kier molecular flexibility index (Phi) is 5.03. The van der Waals surface area contributed by atoms with Crippen LogP contribution in [-0.4, -0.2) is 34.2 Å². The molecular weight excluding hydrogens is 433 g/mol. The molecule has 9 heteroatoms. The van der Waals surface area contributed by atoms with Crippen LogP contribution in [0.25, 0.3) is 16.9 Å². The normalized spacial score (nSPS) is 13.8. The number of alkyl halides is 3. The Balaban J connectivity index is 1.68. The van der Waals surface area contributed by atoms with Gasteiger partial charge in [0.25, 0.3) is 5.91 Å². The highest BCUT2D eigenvalue weighted by molar-refractivity contribution is 6.10. The topological polar surface area (TPSA) is 59.7 Å². The fourth-order valence-corrected chi connectivity index (χ4v) is 4.14. The van der Waals surface area contributed by atoms with Crippen LogP contribution in [0.1, 0.15) is 28.0 Å². The van der Waals surface area contributed by atoms with Crippen LogP contribution in [-0.2, 0) is 12.6 Å². The van der Waals surface area contributed by atoms with Crippen molar-refractivity contribution in [1.82, 2.24) is 14.6 Å². The standard InChI is InChI=1S/C24H19F3N4O2/c1-33-17-9-4-7-16(12-17)19-13-21(24(25,26)27)31-22(29-19)18(14-28-31)23(32)30-11-5-8-15-6-2-3-10-20(15)30/h2-4,6-7,9-10,12-14H,5,8,11H2,1H3. The molecule has 0 bridgehead atoms. The Morgan fingerprint density at radius 1 is 1.09 bits per heavy atom. The van der Waals surface area contributed by atoms with Gasteiger partial charge < -0.3 is 9.64 Å². The number of carbonyl (C=O) groups is 1. The molecule has 0 N–H and O–H groups in total. The van der Waals surface area contributed by atoms with E-state index in [1.807, 2.05) is 24.3 Å². The van der Waals surface area contributed by atoms with Crippen LogP contribution in [0.15, 0.2) is 60.8 Å². The molecule has 0 saturated carbocycles. The van der Waals surface area contributed by atoms with Gasteiger partial charge in [-0.1, -0.05) is 30.3 Å². The number of nitrogens with zero attached hydrogens (tertiary/aromatic N) is 4. The molecule has 1 aliphatic heterocycles. The van der Waals surface area contributed by atoms with Crippen LogP contribution in [0.2, 0.25) is 0 Å². The number of hydrogen-bond acceptors (Lipinski definition) is 4. The van der Waals surface area contributed by atoms with E-state index in [4.69, 9.17) is 4.74 Å². The van der Waals surface area contributed by atoms with E-state index >= 15 is 0 Å². The smallest absolute Gasteiger partial charge is 0.433 e. The highest BCUT2D eigenvalue weighted by Crippen LogP contribution is 2.34. The minimum absolute atomic E-state index is 0.0157. The van der Waals surface area contributed by atoms with Crippen molar-refractivity contribution in [3.05, 3.63) is 77.6 Å². The van der Waals surface area contributed by atoms with Crippen LogP contribution < -0.4 is 9.64 Å². The third-order valence-electron chi connectivity index (χ3n) is 5.71. The largest absolute Gasteiger partial charge is 0.497 e. The average molecular weight is 452 g/mol. The summed E-state index contributed by atoms with van der Waals surface area (Å²) in [5, 5.41) is 3.89. The Labute approximate surface area is 187 Å². The zero-order valence-corrected chi connectivity index (χ0v) is 17.6. The molecule has 2 aromatic carbocycles.